The molecule has 0 bridgehead atoms. The summed E-state index contributed by atoms with van der Waals surface area (Å²) < 4.78 is 0. The summed E-state index contributed by atoms with van der Waals surface area (Å²) in [6, 6.07) is 7.34. The second kappa shape index (κ2) is 5.65. The summed E-state index contributed by atoms with van der Waals surface area (Å²) in [6.07, 6.45) is 2.62. The number of hydrogen-bond donors (Lipinski definition) is 2. The van der Waals surface area contributed by atoms with Crippen molar-refractivity contribution in [1.29, 1.82) is 0 Å². The topological polar surface area (TPSA) is 24.1 Å². The maximum Gasteiger partial charge on any atom is 0.0358 e. The lowest BCUT2D eigenvalue weighted by atomic mass is 9.86. The summed E-state index contributed by atoms with van der Waals surface area (Å²) in [6.45, 7) is 6.69. The van der Waals surface area contributed by atoms with Crippen LogP contribution in [0.1, 0.15) is 35.6 Å². The molecular formula is C15H24N2. The fourth-order valence-corrected chi connectivity index (χ4v) is 2.80. The lowest BCUT2D eigenvalue weighted by Gasteiger charge is -2.31. The van der Waals surface area contributed by atoms with Gasteiger partial charge in [-0.15, -0.1) is 0 Å². The van der Waals surface area contributed by atoms with Crippen LogP contribution in [0.15, 0.2) is 18.2 Å². The van der Waals surface area contributed by atoms with Gasteiger partial charge in [-0.3, -0.25) is 0 Å². The molecular weight excluding hydrogens is 208 g/mol. The predicted octanol–water partition coefficient (Wildman–Crippen LogP) is 2.56. The van der Waals surface area contributed by atoms with Crippen molar-refractivity contribution in [1.82, 2.24) is 10.6 Å². The van der Waals surface area contributed by atoms with Crippen LogP contribution in [-0.4, -0.2) is 20.1 Å². The number of aryl methyl sites for hydroxylation is 2. The van der Waals surface area contributed by atoms with Crippen molar-refractivity contribution in [3.63, 3.8) is 0 Å². The van der Waals surface area contributed by atoms with Gasteiger partial charge in [-0.05, 0) is 69.4 Å². The first-order valence-corrected chi connectivity index (χ1v) is 6.67. The first-order chi connectivity index (χ1) is 8.22. The fourth-order valence-electron chi connectivity index (χ4n) is 2.80. The number of rotatable bonds is 3. The van der Waals surface area contributed by atoms with Crippen LogP contribution in [0.3, 0.4) is 0 Å². The Kier molecular flexibility index (Phi) is 4.19. The number of benzene rings is 1. The van der Waals surface area contributed by atoms with Crippen molar-refractivity contribution in [3.8, 4) is 0 Å². The van der Waals surface area contributed by atoms with Gasteiger partial charge in [0.1, 0.15) is 0 Å². The molecule has 1 fully saturated rings. The first-order valence-electron chi connectivity index (χ1n) is 6.67. The van der Waals surface area contributed by atoms with Crippen LogP contribution in [0.2, 0.25) is 0 Å². The largest absolute Gasteiger partial charge is 0.316 e. The zero-order valence-corrected chi connectivity index (χ0v) is 11.2. The lowest BCUT2D eigenvalue weighted by Crippen LogP contribution is -2.37. The van der Waals surface area contributed by atoms with Crippen molar-refractivity contribution >= 4 is 0 Å². The highest BCUT2D eigenvalue weighted by Crippen LogP contribution is 2.28. The molecule has 0 spiro atoms. The van der Waals surface area contributed by atoms with E-state index >= 15 is 0 Å². The van der Waals surface area contributed by atoms with Crippen LogP contribution in [0.4, 0.5) is 0 Å². The molecule has 1 aliphatic heterocycles. The van der Waals surface area contributed by atoms with Gasteiger partial charge >= 0.3 is 0 Å². The number of nitrogens with one attached hydrogen (secondary N) is 2. The molecule has 2 unspecified atom stereocenters. The summed E-state index contributed by atoms with van der Waals surface area (Å²) in [5.41, 5.74) is 4.21. The predicted molar refractivity (Wildman–Crippen MR) is 73.3 cm³/mol. The van der Waals surface area contributed by atoms with Gasteiger partial charge in [0.2, 0.25) is 0 Å². The summed E-state index contributed by atoms with van der Waals surface area (Å²) in [4.78, 5) is 0. The molecule has 0 aliphatic carbocycles. The second-order valence-corrected chi connectivity index (χ2v) is 5.22. The van der Waals surface area contributed by atoms with Crippen LogP contribution in [0, 0.1) is 19.8 Å². The van der Waals surface area contributed by atoms with Crippen molar-refractivity contribution < 1.29 is 0 Å². The van der Waals surface area contributed by atoms with E-state index in [2.05, 4.69) is 49.7 Å². The molecule has 1 aromatic carbocycles. The Balaban J connectivity index is 2.18. The molecule has 2 N–H and O–H groups in total. The minimum absolute atomic E-state index is 0.488. The first kappa shape index (κ1) is 12.6. The normalized spacial score (nSPS) is 22.4. The van der Waals surface area contributed by atoms with Gasteiger partial charge in [-0.2, -0.15) is 0 Å². The Morgan fingerprint density at radius 3 is 2.71 bits per heavy atom. The Labute approximate surface area is 105 Å². The molecule has 2 rings (SSSR count). The SMILES string of the molecule is CNC(c1ccc(C)c(C)c1)C1CCCNC1. The Morgan fingerprint density at radius 2 is 2.12 bits per heavy atom. The molecule has 1 aliphatic rings. The highest BCUT2D eigenvalue weighted by molar-refractivity contribution is 5.32. The van der Waals surface area contributed by atoms with Gasteiger partial charge in [0.15, 0.2) is 0 Å². The van der Waals surface area contributed by atoms with E-state index in [0.717, 1.165) is 12.5 Å². The highest BCUT2D eigenvalue weighted by Gasteiger charge is 2.23. The average molecular weight is 232 g/mol. The third-order valence-corrected chi connectivity index (χ3v) is 4.01. The molecule has 0 saturated carbocycles. The van der Waals surface area contributed by atoms with Gasteiger partial charge in [0, 0.05) is 6.04 Å². The quantitative estimate of drug-likeness (QED) is 0.837. The van der Waals surface area contributed by atoms with Crippen LogP contribution in [0.5, 0.6) is 0 Å². The summed E-state index contributed by atoms with van der Waals surface area (Å²) in [7, 11) is 2.08. The average Bonchev–Trinajstić information content (AvgIpc) is 2.36. The standard InChI is InChI=1S/C15H24N2/c1-11-6-7-13(9-12(11)2)15(16-3)14-5-4-8-17-10-14/h6-7,9,14-17H,4-5,8,10H2,1-3H3. The van der Waals surface area contributed by atoms with E-state index in [9.17, 15) is 0 Å². The van der Waals surface area contributed by atoms with Gasteiger partial charge in [-0.1, -0.05) is 18.2 Å². The second-order valence-electron chi connectivity index (χ2n) is 5.22. The molecule has 17 heavy (non-hydrogen) atoms. The van der Waals surface area contributed by atoms with Crippen molar-refractivity contribution in [2.75, 3.05) is 20.1 Å². The Hall–Kier alpha value is -0.860. The third-order valence-electron chi connectivity index (χ3n) is 4.01. The zero-order chi connectivity index (χ0) is 12.3. The van der Waals surface area contributed by atoms with E-state index in [4.69, 9.17) is 0 Å². The molecule has 0 radical (unpaired) electrons. The summed E-state index contributed by atoms with van der Waals surface area (Å²) >= 11 is 0. The molecule has 1 heterocycles. The van der Waals surface area contributed by atoms with Crippen molar-refractivity contribution in [3.05, 3.63) is 34.9 Å². The van der Waals surface area contributed by atoms with E-state index in [1.54, 1.807) is 0 Å². The lowest BCUT2D eigenvalue weighted by molar-refractivity contribution is 0.298. The van der Waals surface area contributed by atoms with Crippen molar-refractivity contribution in [2.24, 2.45) is 5.92 Å². The smallest absolute Gasteiger partial charge is 0.0358 e. The third kappa shape index (κ3) is 2.88. The van der Waals surface area contributed by atoms with Crippen LogP contribution in [-0.2, 0) is 0 Å². The van der Waals surface area contributed by atoms with Gasteiger partial charge in [0.05, 0.1) is 0 Å². The Morgan fingerprint density at radius 1 is 1.29 bits per heavy atom. The molecule has 1 saturated heterocycles. The molecule has 0 amide bonds. The van der Waals surface area contributed by atoms with Gasteiger partial charge in [-0.25, -0.2) is 0 Å². The molecule has 2 heteroatoms. The number of piperidine rings is 1. The maximum absolute atomic E-state index is 3.51. The maximum atomic E-state index is 3.51. The minimum Gasteiger partial charge on any atom is -0.316 e. The molecule has 2 nitrogen and oxygen atoms in total. The Bertz CT molecular complexity index is 367. The highest BCUT2D eigenvalue weighted by atomic mass is 14.9. The van der Waals surface area contributed by atoms with E-state index in [1.165, 1.54) is 36.1 Å². The van der Waals surface area contributed by atoms with Crippen molar-refractivity contribution in [2.45, 2.75) is 32.7 Å². The fraction of sp³-hybridized carbons (Fsp3) is 0.600. The zero-order valence-electron chi connectivity index (χ0n) is 11.2. The molecule has 0 aromatic heterocycles. The summed E-state index contributed by atoms with van der Waals surface area (Å²) in [5, 5.41) is 7.00. The molecule has 94 valence electrons. The van der Waals surface area contributed by atoms with Crippen LogP contribution < -0.4 is 10.6 Å². The molecule has 1 aromatic rings. The minimum atomic E-state index is 0.488. The van der Waals surface area contributed by atoms with Crippen LogP contribution >= 0.6 is 0 Å². The van der Waals surface area contributed by atoms with E-state index < -0.39 is 0 Å². The monoisotopic (exact) mass is 232 g/mol. The van der Waals surface area contributed by atoms with Crippen LogP contribution in [0.25, 0.3) is 0 Å². The molecule has 2 atom stereocenters. The van der Waals surface area contributed by atoms with E-state index in [1.807, 2.05) is 0 Å². The number of hydrogen-bond acceptors (Lipinski definition) is 2. The van der Waals surface area contributed by atoms with E-state index in [0.29, 0.717) is 6.04 Å². The van der Waals surface area contributed by atoms with Gasteiger partial charge < -0.3 is 10.6 Å². The summed E-state index contributed by atoms with van der Waals surface area (Å²) in [5.74, 6) is 0.718. The van der Waals surface area contributed by atoms with E-state index in [-0.39, 0.29) is 0 Å². The van der Waals surface area contributed by atoms with Gasteiger partial charge in [0.25, 0.3) is 0 Å².